The van der Waals surface area contributed by atoms with E-state index < -0.39 is 29.9 Å². The topological polar surface area (TPSA) is 142 Å². The zero-order valence-electron chi connectivity index (χ0n) is 13.7. The van der Waals surface area contributed by atoms with Crippen molar-refractivity contribution in [2.24, 2.45) is 11.7 Å². The summed E-state index contributed by atoms with van der Waals surface area (Å²) in [6.07, 6.45) is 0.247. The van der Waals surface area contributed by atoms with E-state index in [9.17, 15) is 19.5 Å². The summed E-state index contributed by atoms with van der Waals surface area (Å²) < 4.78 is 0. The number of hydrogen-bond acceptors (Lipinski definition) is 5. The smallest absolute Gasteiger partial charge is 0.326 e. The third-order valence-corrected chi connectivity index (χ3v) is 3.40. The van der Waals surface area contributed by atoms with E-state index in [2.05, 4.69) is 10.6 Å². The largest absolute Gasteiger partial charge is 0.508 e. The molecule has 0 aliphatic carbocycles. The van der Waals surface area contributed by atoms with Crippen molar-refractivity contribution in [2.45, 2.75) is 32.4 Å². The molecule has 1 aromatic carbocycles. The summed E-state index contributed by atoms with van der Waals surface area (Å²) in [5.41, 5.74) is 6.54. The summed E-state index contributed by atoms with van der Waals surface area (Å²) in [5.74, 6) is -2.41. The highest BCUT2D eigenvalue weighted by molar-refractivity contribution is 5.89. The molecule has 8 heteroatoms. The molecule has 0 bridgehead atoms. The highest BCUT2D eigenvalue weighted by Gasteiger charge is 2.23. The van der Waals surface area contributed by atoms with Crippen LogP contribution in [-0.4, -0.2) is 46.6 Å². The molecule has 2 amide bonds. The Kier molecular flexibility index (Phi) is 7.19. The molecule has 1 rings (SSSR count). The molecule has 0 aliphatic heterocycles. The first-order valence-electron chi connectivity index (χ1n) is 7.54. The Labute approximate surface area is 140 Å². The number of benzene rings is 1. The van der Waals surface area contributed by atoms with Gasteiger partial charge >= 0.3 is 5.97 Å². The van der Waals surface area contributed by atoms with Gasteiger partial charge in [-0.25, -0.2) is 4.79 Å². The summed E-state index contributed by atoms with van der Waals surface area (Å²) in [5, 5.41) is 22.9. The number of phenolic OH excluding ortho intramolecular Hbond substituents is 1. The Morgan fingerprint density at radius 3 is 2.25 bits per heavy atom. The summed E-state index contributed by atoms with van der Waals surface area (Å²) in [6, 6.07) is 4.41. The van der Waals surface area contributed by atoms with Crippen molar-refractivity contribution in [3.63, 3.8) is 0 Å². The molecule has 24 heavy (non-hydrogen) atoms. The van der Waals surface area contributed by atoms with Crippen LogP contribution in [0.4, 0.5) is 0 Å². The van der Waals surface area contributed by atoms with Gasteiger partial charge in [-0.1, -0.05) is 26.0 Å². The summed E-state index contributed by atoms with van der Waals surface area (Å²) in [7, 11) is 0. The second-order valence-electron chi connectivity index (χ2n) is 5.82. The number of carbonyl (C=O) groups is 3. The van der Waals surface area contributed by atoms with Crippen LogP contribution in [0.5, 0.6) is 5.75 Å². The molecule has 0 saturated heterocycles. The maximum atomic E-state index is 11.9. The average Bonchev–Trinajstić information content (AvgIpc) is 2.51. The van der Waals surface area contributed by atoms with Crippen molar-refractivity contribution < 1.29 is 24.6 Å². The predicted octanol–water partition coefficient (Wildman–Crippen LogP) is -0.396. The van der Waals surface area contributed by atoms with E-state index in [1.165, 1.54) is 12.1 Å². The molecule has 0 aliphatic rings. The number of phenols is 1. The van der Waals surface area contributed by atoms with E-state index in [-0.39, 0.29) is 24.6 Å². The number of hydrogen-bond donors (Lipinski definition) is 5. The molecule has 0 saturated carbocycles. The lowest BCUT2D eigenvalue weighted by Crippen LogP contribution is -2.50. The van der Waals surface area contributed by atoms with Gasteiger partial charge < -0.3 is 26.6 Å². The first-order valence-corrected chi connectivity index (χ1v) is 7.54. The molecule has 2 atom stereocenters. The van der Waals surface area contributed by atoms with Crippen molar-refractivity contribution in [3.8, 4) is 5.75 Å². The standard InChI is InChI=1S/C16H23N3O5/c1-9(2)14(16(23)24)19-13(21)8-18-15(22)12(17)7-10-3-5-11(20)6-4-10/h3-6,9,12,14,20H,7-8,17H2,1-2H3,(H,18,22)(H,19,21)(H,23,24). The number of aromatic hydroxyl groups is 1. The SMILES string of the molecule is CC(C)C(NC(=O)CNC(=O)C(N)Cc1ccc(O)cc1)C(=O)O. The fourth-order valence-electron chi connectivity index (χ4n) is 2.02. The number of nitrogens with two attached hydrogens (primary N) is 1. The monoisotopic (exact) mass is 337 g/mol. The van der Waals surface area contributed by atoms with Crippen LogP contribution in [0.15, 0.2) is 24.3 Å². The Morgan fingerprint density at radius 1 is 1.17 bits per heavy atom. The molecule has 132 valence electrons. The van der Waals surface area contributed by atoms with Gasteiger partial charge in [-0.15, -0.1) is 0 Å². The highest BCUT2D eigenvalue weighted by Crippen LogP contribution is 2.10. The summed E-state index contributed by atoms with van der Waals surface area (Å²) >= 11 is 0. The fraction of sp³-hybridized carbons (Fsp3) is 0.438. The number of carboxylic acids is 1. The number of amides is 2. The Balaban J connectivity index is 2.45. The van der Waals surface area contributed by atoms with Gasteiger partial charge in [0.25, 0.3) is 0 Å². The fourth-order valence-corrected chi connectivity index (χ4v) is 2.02. The van der Waals surface area contributed by atoms with Crippen molar-refractivity contribution in [2.75, 3.05) is 6.54 Å². The summed E-state index contributed by atoms with van der Waals surface area (Å²) in [4.78, 5) is 34.6. The molecular weight excluding hydrogens is 314 g/mol. The lowest BCUT2D eigenvalue weighted by atomic mass is 10.0. The molecule has 0 aromatic heterocycles. The normalized spacial score (nSPS) is 13.2. The van der Waals surface area contributed by atoms with Crippen molar-refractivity contribution >= 4 is 17.8 Å². The first kappa shape index (κ1) is 19.4. The molecule has 0 spiro atoms. The van der Waals surface area contributed by atoms with Gasteiger partial charge in [0.2, 0.25) is 11.8 Å². The summed E-state index contributed by atoms with van der Waals surface area (Å²) in [6.45, 7) is 3.00. The third-order valence-electron chi connectivity index (χ3n) is 3.40. The second-order valence-corrected chi connectivity index (χ2v) is 5.82. The van der Waals surface area contributed by atoms with Gasteiger partial charge in [0.1, 0.15) is 11.8 Å². The molecule has 8 nitrogen and oxygen atoms in total. The van der Waals surface area contributed by atoms with Gasteiger partial charge in [0, 0.05) is 0 Å². The highest BCUT2D eigenvalue weighted by atomic mass is 16.4. The van der Waals surface area contributed by atoms with E-state index in [0.29, 0.717) is 0 Å². The van der Waals surface area contributed by atoms with Crippen LogP contribution in [-0.2, 0) is 20.8 Å². The quantitative estimate of drug-likeness (QED) is 0.437. The van der Waals surface area contributed by atoms with Crippen molar-refractivity contribution in [3.05, 3.63) is 29.8 Å². The first-order chi connectivity index (χ1) is 11.2. The zero-order valence-corrected chi connectivity index (χ0v) is 13.7. The zero-order chi connectivity index (χ0) is 18.3. The number of rotatable bonds is 8. The van der Waals surface area contributed by atoms with Gasteiger partial charge in [-0.3, -0.25) is 9.59 Å². The molecule has 6 N–H and O–H groups in total. The number of aliphatic carboxylic acids is 1. The van der Waals surface area contributed by atoms with Crippen LogP contribution in [0.25, 0.3) is 0 Å². The Bertz CT molecular complexity index is 586. The van der Waals surface area contributed by atoms with Crippen LogP contribution in [0.3, 0.4) is 0 Å². The number of carbonyl (C=O) groups excluding carboxylic acids is 2. The second kappa shape index (κ2) is 8.88. The number of carboxylic acid groups (broad SMARTS) is 1. The Hall–Kier alpha value is -2.61. The van der Waals surface area contributed by atoms with E-state index in [0.717, 1.165) is 5.56 Å². The van der Waals surface area contributed by atoms with Crippen LogP contribution in [0.2, 0.25) is 0 Å². The van der Waals surface area contributed by atoms with Gasteiger partial charge in [-0.05, 0) is 30.0 Å². The molecule has 0 heterocycles. The minimum absolute atomic E-state index is 0.117. The average molecular weight is 337 g/mol. The maximum absolute atomic E-state index is 11.9. The minimum atomic E-state index is -1.13. The van der Waals surface area contributed by atoms with E-state index in [4.69, 9.17) is 10.8 Å². The lowest BCUT2D eigenvalue weighted by molar-refractivity contribution is -0.143. The molecule has 2 unspecified atom stereocenters. The van der Waals surface area contributed by atoms with Gasteiger partial charge in [0.05, 0.1) is 12.6 Å². The van der Waals surface area contributed by atoms with Crippen LogP contribution in [0.1, 0.15) is 19.4 Å². The third kappa shape index (κ3) is 6.25. The van der Waals surface area contributed by atoms with Gasteiger partial charge in [-0.2, -0.15) is 0 Å². The lowest BCUT2D eigenvalue weighted by Gasteiger charge is -2.18. The van der Waals surface area contributed by atoms with Gasteiger partial charge in [0.15, 0.2) is 0 Å². The van der Waals surface area contributed by atoms with E-state index in [1.807, 2.05) is 0 Å². The maximum Gasteiger partial charge on any atom is 0.326 e. The van der Waals surface area contributed by atoms with E-state index in [1.54, 1.807) is 26.0 Å². The van der Waals surface area contributed by atoms with Crippen molar-refractivity contribution in [1.82, 2.24) is 10.6 Å². The number of nitrogens with one attached hydrogen (secondary N) is 2. The Morgan fingerprint density at radius 2 is 1.75 bits per heavy atom. The molecule has 0 fully saturated rings. The molecular formula is C16H23N3O5. The van der Waals surface area contributed by atoms with Crippen molar-refractivity contribution in [1.29, 1.82) is 0 Å². The van der Waals surface area contributed by atoms with Crippen LogP contribution in [0, 0.1) is 5.92 Å². The molecule has 0 radical (unpaired) electrons. The van der Waals surface area contributed by atoms with Crippen LogP contribution >= 0.6 is 0 Å². The van der Waals surface area contributed by atoms with Crippen LogP contribution < -0.4 is 16.4 Å². The minimum Gasteiger partial charge on any atom is -0.508 e. The molecule has 1 aromatic rings. The predicted molar refractivity (Wildman–Crippen MR) is 87.2 cm³/mol. The van der Waals surface area contributed by atoms with E-state index >= 15 is 0 Å².